The lowest BCUT2D eigenvalue weighted by molar-refractivity contribution is 0.0973. The summed E-state index contributed by atoms with van der Waals surface area (Å²) >= 11 is 12.0. The molecule has 1 aromatic heterocycles. The number of nitrogens with zero attached hydrogens (tertiary/aromatic N) is 2. The van der Waals surface area contributed by atoms with Gasteiger partial charge in [-0.3, -0.25) is 0 Å². The van der Waals surface area contributed by atoms with E-state index in [4.69, 9.17) is 27.9 Å². The molecule has 0 saturated carbocycles. The first-order chi connectivity index (χ1) is 9.69. The molecule has 0 saturated heterocycles. The van der Waals surface area contributed by atoms with E-state index in [1.165, 1.54) is 0 Å². The molecule has 1 unspecified atom stereocenters. The largest absolute Gasteiger partial charge is 0.376 e. The summed E-state index contributed by atoms with van der Waals surface area (Å²) < 4.78 is 18.1. The number of aromatic nitrogens is 2. The van der Waals surface area contributed by atoms with Gasteiger partial charge in [0, 0.05) is 5.56 Å². The highest BCUT2D eigenvalue weighted by Crippen LogP contribution is 2.34. The maximum absolute atomic E-state index is 12.6. The van der Waals surface area contributed by atoms with E-state index in [2.05, 4.69) is 9.97 Å². The van der Waals surface area contributed by atoms with Crippen molar-refractivity contribution in [3.8, 4) is 0 Å². The molecule has 2 aromatic rings. The molecule has 0 fully saturated rings. The summed E-state index contributed by atoms with van der Waals surface area (Å²) in [4.78, 5) is 8.22. The second-order valence-electron chi connectivity index (χ2n) is 4.59. The minimum absolute atomic E-state index is 0.0644. The van der Waals surface area contributed by atoms with Crippen molar-refractivity contribution in [2.75, 3.05) is 6.61 Å². The first-order valence-corrected chi connectivity index (χ1v) is 6.89. The average Bonchev–Trinajstić information content (AvgIpc) is 2.47. The fraction of sp³-hybridized carbons (Fsp3) is 0.286. The van der Waals surface area contributed by atoms with Gasteiger partial charge in [0.05, 0.1) is 24.8 Å². The van der Waals surface area contributed by atoms with Gasteiger partial charge in [0.1, 0.15) is 11.8 Å². The Balaban J connectivity index is 2.04. The SMILES string of the molecule is FCc1ccc(C2COCc3c(Cl)nc(Cl)nc32)cc1. The first-order valence-electron chi connectivity index (χ1n) is 6.13. The standard InChI is InChI=1S/C14H11Cl2FN2O/c15-13-11-7-20-6-10(12(11)18-14(16)19-13)9-3-1-8(5-17)2-4-9/h1-4,10H,5-7H2. The van der Waals surface area contributed by atoms with Crippen LogP contribution < -0.4 is 0 Å². The lowest BCUT2D eigenvalue weighted by Gasteiger charge is -2.25. The van der Waals surface area contributed by atoms with E-state index >= 15 is 0 Å². The van der Waals surface area contributed by atoms with Crippen molar-refractivity contribution in [1.82, 2.24) is 9.97 Å². The zero-order chi connectivity index (χ0) is 14.1. The second-order valence-corrected chi connectivity index (χ2v) is 5.29. The van der Waals surface area contributed by atoms with Gasteiger partial charge in [-0.25, -0.2) is 14.4 Å². The van der Waals surface area contributed by atoms with E-state index in [-0.39, 0.29) is 11.2 Å². The highest BCUT2D eigenvalue weighted by molar-refractivity contribution is 6.32. The number of alkyl halides is 1. The van der Waals surface area contributed by atoms with E-state index in [9.17, 15) is 4.39 Å². The van der Waals surface area contributed by atoms with Crippen LogP contribution in [0.3, 0.4) is 0 Å². The molecule has 0 aliphatic carbocycles. The predicted octanol–water partition coefficient (Wildman–Crippen LogP) is 3.92. The van der Waals surface area contributed by atoms with Crippen molar-refractivity contribution in [1.29, 1.82) is 0 Å². The van der Waals surface area contributed by atoms with Gasteiger partial charge in [-0.2, -0.15) is 0 Å². The van der Waals surface area contributed by atoms with Crippen molar-refractivity contribution in [2.24, 2.45) is 0 Å². The Bertz CT molecular complexity index is 634. The van der Waals surface area contributed by atoms with Crippen LogP contribution in [0.15, 0.2) is 24.3 Å². The number of fused-ring (bicyclic) bond motifs is 1. The molecule has 3 nitrogen and oxygen atoms in total. The van der Waals surface area contributed by atoms with Gasteiger partial charge >= 0.3 is 0 Å². The van der Waals surface area contributed by atoms with Crippen LogP contribution in [0.4, 0.5) is 4.39 Å². The Morgan fingerprint density at radius 1 is 1.20 bits per heavy atom. The Labute approximate surface area is 125 Å². The summed E-state index contributed by atoms with van der Waals surface area (Å²) in [6.07, 6.45) is 0. The molecule has 104 valence electrons. The Morgan fingerprint density at radius 2 is 1.95 bits per heavy atom. The lowest BCUT2D eigenvalue weighted by atomic mass is 9.91. The third-order valence-electron chi connectivity index (χ3n) is 3.36. The molecule has 6 heteroatoms. The minimum atomic E-state index is -0.474. The van der Waals surface area contributed by atoms with Gasteiger partial charge in [-0.1, -0.05) is 35.9 Å². The number of benzene rings is 1. The molecule has 1 atom stereocenters. The van der Waals surface area contributed by atoms with Crippen molar-refractivity contribution in [3.05, 3.63) is 57.1 Å². The highest BCUT2D eigenvalue weighted by Gasteiger charge is 2.27. The maximum Gasteiger partial charge on any atom is 0.224 e. The Morgan fingerprint density at radius 3 is 2.65 bits per heavy atom. The van der Waals surface area contributed by atoms with Gasteiger partial charge in [0.25, 0.3) is 0 Å². The second kappa shape index (κ2) is 5.64. The van der Waals surface area contributed by atoms with Crippen molar-refractivity contribution >= 4 is 23.2 Å². The molecule has 1 aliphatic rings. The summed E-state index contributed by atoms with van der Waals surface area (Å²) in [6, 6.07) is 7.27. The number of rotatable bonds is 2. The zero-order valence-electron chi connectivity index (χ0n) is 10.4. The minimum Gasteiger partial charge on any atom is -0.376 e. The van der Waals surface area contributed by atoms with Gasteiger partial charge in [0.2, 0.25) is 5.28 Å². The smallest absolute Gasteiger partial charge is 0.224 e. The van der Waals surface area contributed by atoms with Crippen LogP contribution in [0.5, 0.6) is 0 Å². The van der Waals surface area contributed by atoms with Gasteiger partial charge < -0.3 is 4.74 Å². The van der Waals surface area contributed by atoms with E-state index < -0.39 is 6.67 Å². The summed E-state index contributed by atoms with van der Waals surface area (Å²) in [5.41, 5.74) is 3.19. The monoisotopic (exact) mass is 312 g/mol. The van der Waals surface area contributed by atoms with Gasteiger partial charge in [0.15, 0.2) is 0 Å². The number of hydrogen-bond donors (Lipinski definition) is 0. The predicted molar refractivity (Wildman–Crippen MR) is 74.8 cm³/mol. The average molecular weight is 313 g/mol. The van der Waals surface area contributed by atoms with Crippen molar-refractivity contribution in [2.45, 2.75) is 19.2 Å². The molecule has 3 rings (SSSR count). The van der Waals surface area contributed by atoms with Gasteiger partial charge in [-0.15, -0.1) is 0 Å². The van der Waals surface area contributed by atoms with E-state index in [1.54, 1.807) is 12.1 Å². The molecular weight excluding hydrogens is 302 g/mol. The lowest BCUT2D eigenvalue weighted by Crippen LogP contribution is -2.20. The molecule has 1 aromatic carbocycles. The third kappa shape index (κ3) is 2.51. The van der Waals surface area contributed by atoms with Crippen LogP contribution in [0, 0.1) is 0 Å². The molecule has 0 radical (unpaired) electrons. The van der Waals surface area contributed by atoms with Crippen LogP contribution in [0.25, 0.3) is 0 Å². The molecule has 20 heavy (non-hydrogen) atoms. The highest BCUT2D eigenvalue weighted by atomic mass is 35.5. The summed E-state index contributed by atoms with van der Waals surface area (Å²) in [6.45, 7) is 0.397. The molecule has 0 spiro atoms. The molecule has 1 aliphatic heterocycles. The number of halogens is 3. The number of hydrogen-bond acceptors (Lipinski definition) is 3. The fourth-order valence-electron chi connectivity index (χ4n) is 2.32. The van der Waals surface area contributed by atoms with Crippen LogP contribution in [0.2, 0.25) is 10.4 Å². The normalized spacial score (nSPS) is 17.9. The summed E-state index contributed by atoms with van der Waals surface area (Å²) in [5, 5.41) is 0.450. The zero-order valence-corrected chi connectivity index (χ0v) is 12.0. The topological polar surface area (TPSA) is 35.0 Å². The molecule has 0 N–H and O–H groups in total. The summed E-state index contributed by atoms with van der Waals surface area (Å²) in [7, 11) is 0. The van der Waals surface area contributed by atoms with Crippen LogP contribution in [-0.4, -0.2) is 16.6 Å². The molecular formula is C14H11Cl2FN2O. The van der Waals surface area contributed by atoms with Crippen molar-refractivity contribution < 1.29 is 9.13 Å². The summed E-state index contributed by atoms with van der Waals surface area (Å²) in [5.74, 6) is -0.0644. The Hall–Kier alpha value is -1.23. The van der Waals surface area contributed by atoms with E-state index in [0.717, 1.165) is 16.8 Å². The van der Waals surface area contributed by atoms with Crippen LogP contribution in [-0.2, 0) is 18.0 Å². The molecule has 0 bridgehead atoms. The Kier molecular flexibility index (Phi) is 3.87. The maximum atomic E-state index is 12.6. The quantitative estimate of drug-likeness (QED) is 0.623. The fourth-order valence-corrected chi connectivity index (χ4v) is 2.77. The first kappa shape index (κ1) is 13.7. The number of ether oxygens (including phenoxy) is 1. The molecule has 2 heterocycles. The van der Waals surface area contributed by atoms with Crippen LogP contribution >= 0.6 is 23.2 Å². The van der Waals surface area contributed by atoms with E-state index in [1.807, 2.05) is 12.1 Å². The molecule has 0 amide bonds. The third-order valence-corrected chi connectivity index (χ3v) is 3.84. The van der Waals surface area contributed by atoms with Crippen molar-refractivity contribution in [3.63, 3.8) is 0 Å². The van der Waals surface area contributed by atoms with E-state index in [0.29, 0.717) is 23.9 Å². The van der Waals surface area contributed by atoms with Gasteiger partial charge in [-0.05, 0) is 22.7 Å². The van der Waals surface area contributed by atoms with Crippen LogP contribution in [0.1, 0.15) is 28.3 Å².